The number of hydrogen-bond donors (Lipinski definition) is 1. The molecule has 0 radical (unpaired) electrons. The van der Waals surface area contributed by atoms with E-state index in [0.29, 0.717) is 18.7 Å². The van der Waals surface area contributed by atoms with Gasteiger partial charge in [0.1, 0.15) is 12.3 Å². The molecule has 4 saturated carbocycles. The number of hydrogen-bond acceptors (Lipinski definition) is 4. The summed E-state index contributed by atoms with van der Waals surface area (Å²) in [5.74, 6) is 2.45. The molecule has 1 N–H and O–H groups in total. The summed E-state index contributed by atoms with van der Waals surface area (Å²) in [6.07, 6.45) is 13.2. The predicted octanol–water partition coefficient (Wildman–Crippen LogP) is 3.21. The normalized spacial score (nSPS) is 35.8. The Kier molecular flexibility index (Phi) is 5.26. The highest BCUT2D eigenvalue weighted by Crippen LogP contribution is 2.60. The van der Waals surface area contributed by atoms with Crippen LogP contribution in [0, 0.1) is 23.2 Å². The maximum atomic E-state index is 13.8. The number of nitrogens with zero attached hydrogens (tertiary/aromatic N) is 2. The van der Waals surface area contributed by atoms with Crippen LogP contribution in [0.25, 0.3) is 0 Å². The van der Waals surface area contributed by atoms with Crippen LogP contribution in [0.5, 0.6) is 0 Å². The van der Waals surface area contributed by atoms with E-state index < -0.39 is 0 Å². The van der Waals surface area contributed by atoms with Gasteiger partial charge in [0.2, 0.25) is 11.8 Å². The van der Waals surface area contributed by atoms with Gasteiger partial charge in [-0.25, -0.2) is 0 Å². The Balaban J connectivity index is 1.06. The van der Waals surface area contributed by atoms with E-state index in [4.69, 9.17) is 4.42 Å². The van der Waals surface area contributed by atoms with Crippen molar-refractivity contribution in [3.8, 4) is 0 Å². The number of furan rings is 1. The van der Waals surface area contributed by atoms with Gasteiger partial charge < -0.3 is 19.5 Å². The average Bonchev–Trinajstić information content (AvgIpc) is 3.50. The van der Waals surface area contributed by atoms with Gasteiger partial charge in [-0.3, -0.25) is 14.4 Å². The first-order valence-corrected chi connectivity index (χ1v) is 12.9. The summed E-state index contributed by atoms with van der Waals surface area (Å²) in [7, 11) is 0. The minimum absolute atomic E-state index is 0.00481. The minimum atomic E-state index is -0.323. The zero-order valence-corrected chi connectivity index (χ0v) is 19.3. The summed E-state index contributed by atoms with van der Waals surface area (Å²) in [5.41, 5.74) is 0.387. The van der Waals surface area contributed by atoms with Gasteiger partial charge in [0.25, 0.3) is 5.91 Å². The molecule has 4 bridgehead atoms. The zero-order chi connectivity index (χ0) is 22.6. The van der Waals surface area contributed by atoms with Crippen LogP contribution in [-0.2, 0) is 9.59 Å². The molecule has 2 saturated heterocycles. The molecule has 4 aliphatic carbocycles. The number of carbonyl (C=O) groups excluding carboxylic acids is 3. The van der Waals surface area contributed by atoms with E-state index in [1.54, 1.807) is 6.07 Å². The molecule has 178 valence electrons. The second-order valence-electron chi connectivity index (χ2n) is 11.4. The summed E-state index contributed by atoms with van der Waals surface area (Å²) in [6, 6.07) is 1.42. The van der Waals surface area contributed by atoms with Crippen molar-refractivity contribution in [1.29, 1.82) is 0 Å². The van der Waals surface area contributed by atoms with Gasteiger partial charge in [-0.15, -0.1) is 0 Å². The smallest absolute Gasteiger partial charge is 0.257 e. The molecular weight excluding hydrogens is 418 g/mol. The average molecular weight is 454 g/mol. The number of amides is 3. The molecule has 3 heterocycles. The van der Waals surface area contributed by atoms with Crippen LogP contribution < -0.4 is 5.32 Å². The standard InChI is InChI=1S/C26H35N3O4/c30-23(27-21-3-7-28(8-4-21)24(31)20-5-9-33-16-20)22-2-1-6-29(22)25(32)26-13-17-10-18(14-26)12-19(11-17)15-26/h5,9,16-19,21-22H,1-4,6-8,10-15H2,(H,27,30). The maximum Gasteiger partial charge on any atom is 0.257 e. The van der Waals surface area contributed by atoms with Crippen LogP contribution >= 0.6 is 0 Å². The molecule has 1 unspecified atom stereocenters. The Labute approximate surface area is 195 Å². The predicted molar refractivity (Wildman–Crippen MR) is 121 cm³/mol. The van der Waals surface area contributed by atoms with Crippen LogP contribution in [0.2, 0.25) is 0 Å². The summed E-state index contributed by atoms with van der Waals surface area (Å²) in [6.45, 7) is 1.96. The highest BCUT2D eigenvalue weighted by Gasteiger charge is 2.56. The quantitative estimate of drug-likeness (QED) is 0.759. The number of likely N-dealkylation sites (tertiary alicyclic amines) is 2. The Morgan fingerprint density at radius 1 is 0.939 bits per heavy atom. The Bertz CT molecular complexity index is 883. The molecule has 33 heavy (non-hydrogen) atoms. The molecular formula is C26H35N3O4. The van der Waals surface area contributed by atoms with Crippen molar-refractivity contribution in [2.75, 3.05) is 19.6 Å². The molecule has 1 aromatic heterocycles. The van der Waals surface area contributed by atoms with Gasteiger partial charge in [0.05, 0.1) is 17.2 Å². The number of carbonyl (C=O) groups is 3. The zero-order valence-electron chi connectivity index (χ0n) is 19.3. The van der Waals surface area contributed by atoms with Crippen LogP contribution in [0.4, 0.5) is 0 Å². The van der Waals surface area contributed by atoms with Gasteiger partial charge in [-0.05, 0) is 88.0 Å². The summed E-state index contributed by atoms with van der Waals surface area (Å²) >= 11 is 0. The van der Waals surface area contributed by atoms with Gasteiger partial charge in [0.15, 0.2) is 0 Å². The van der Waals surface area contributed by atoms with Gasteiger partial charge in [-0.1, -0.05) is 0 Å². The minimum Gasteiger partial charge on any atom is -0.472 e. The summed E-state index contributed by atoms with van der Waals surface area (Å²) in [4.78, 5) is 43.4. The summed E-state index contributed by atoms with van der Waals surface area (Å²) < 4.78 is 5.03. The fourth-order valence-electron chi connectivity index (χ4n) is 8.05. The molecule has 0 aromatic carbocycles. The molecule has 2 aliphatic heterocycles. The molecule has 6 fully saturated rings. The lowest BCUT2D eigenvalue weighted by atomic mass is 9.49. The van der Waals surface area contributed by atoms with Crippen molar-refractivity contribution in [2.24, 2.45) is 23.2 Å². The van der Waals surface area contributed by atoms with Crippen molar-refractivity contribution < 1.29 is 18.8 Å². The Morgan fingerprint density at radius 2 is 1.61 bits per heavy atom. The second-order valence-corrected chi connectivity index (χ2v) is 11.4. The Morgan fingerprint density at radius 3 is 2.21 bits per heavy atom. The highest BCUT2D eigenvalue weighted by atomic mass is 16.3. The number of rotatable bonds is 4. The molecule has 1 atom stereocenters. The molecule has 1 aromatic rings. The third-order valence-corrected chi connectivity index (χ3v) is 9.20. The van der Waals surface area contributed by atoms with Crippen LogP contribution in [0.1, 0.15) is 74.6 Å². The van der Waals surface area contributed by atoms with E-state index in [2.05, 4.69) is 5.32 Å². The first kappa shape index (κ1) is 21.2. The Hall–Kier alpha value is -2.31. The second kappa shape index (κ2) is 8.17. The first-order chi connectivity index (χ1) is 16.0. The van der Waals surface area contributed by atoms with Crippen molar-refractivity contribution >= 4 is 17.7 Å². The topological polar surface area (TPSA) is 82.9 Å². The monoisotopic (exact) mass is 453 g/mol. The lowest BCUT2D eigenvalue weighted by molar-refractivity contribution is -0.160. The van der Waals surface area contributed by atoms with Gasteiger partial charge in [0, 0.05) is 25.7 Å². The first-order valence-electron chi connectivity index (χ1n) is 12.9. The van der Waals surface area contributed by atoms with Gasteiger partial charge in [-0.2, -0.15) is 0 Å². The lowest BCUT2D eigenvalue weighted by Crippen LogP contribution is -2.58. The van der Waals surface area contributed by atoms with Crippen LogP contribution in [0.15, 0.2) is 23.0 Å². The van der Waals surface area contributed by atoms with E-state index in [9.17, 15) is 14.4 Å². The highest BCUT2D eigenvalue weighted by molar-refractivity contribution is 5.94. The van der Waals surface area contributed by atoms with Crippen molar-refractivity contribution in [1.82, 2.24) is 15.1 Å². The third kappa shape index (κ3) is 3.77. The molecule has 7 heteroatoms. The van der Waals surface area contributed by atoms with E-state index >= 15 is 0 Å². The van der Waals surface area contributed by atoms with Crippen LogP contribution in [-0.4, -0.2) is 59.2 Å². The summed E-state index contributed by atoms with van der Waals surface area (Å²) in [5, 5.41) is 3.22. The molecule has 0 spiro atoms. The lowest BCUT2D eigenvalue weighted by Gasteiger charge is -2.56. The van der Waals surface area contributed by atoms with Crippen molar-refractivity contribution in [3.05, 3.63) is 24.2 Å². The van der Waals surface area contributed by atoms with E-state index in [-0.39, 0.29) is 35.2 Å². The fraction of sp³-hybridized carbons (Fsp3) is 0.731. The third-order valence-electron chi connectivity index (χ3n) is 9.20. The van der Waals surface area contributed by atoms with Crippen LogP contribution in [0.3, 0.4) is 0 Å². The van der Waals surface area contributed by atoms with Gasteiger partial charge >= 0.3 is 0 Å². The van der Waals surface area contributed by atoms with E-state index in [1.807, 2.05) is 9.80 Å². The number of nitrogens with one attached hydrogen (secondary N) is 1. The molecule has 7 nitrogen and oxygen atoms in total. The maximum absolute atomic E-state index is 13.8. The molecule has 6 aliphatic rings. The van der Waals surface area contributed by atoms with E-state index in [0.717, 1.165) is 69.2 Å². The molecule has 7 rings (SSSR count). The van der Waals surface area contributed by atoms with Crippen molar-refractivity contribution in [3.63, 3.8) is 0 Å². The fourth-order valence-corrected chi connectivity index (χ4v) is 8.05. The largest absolute Gasteiger partial charge is 0.472 e. The number of piperidine rings is 1. The molecule has 3 amide bonds. The van der Waals surface area contributed by atoms with E-state index in [1.165, 1.54) is 31.8 Å². The van der Waals surface area contributed by atoms with Crippen molar-refractivity contribution in [2.45, 2.75) is 76.3 Å². The SMILES string of the molecule is O=C(NC1CCN(C(=O)c2ccoc2)CC1)C1CCCN1C(=O)C12CC3CC(CC(C3)C1)C2.